The van der Waals surface area contributed by atoms with Crippen LogP contribution in [0.3, 0.4) is 0 Å². The molecule has 3 nitrogen and oxygen atoms in total. The third-order valence-corrected chi connectivity index (χ3v) is 2.48. The van der Waals surface area contributed by atoms with Gasteiger partial charge in [0, 0.05) is 0 Å². The van der Waals surface area contributed by atoms with Crippen LogP contribution in [0.1, 0.15) is 26.3 Å². The lowest BCUT2D eigenvalue weighted by molar-refractivity contribution is 0.0514. The second kappa shape index (κ2) is 7.53. The predicted molar refractivity (Wildman–Crippen MR) is 82.6 cm³/mol. The van der Waals surface area contributed by atoms with E-state index in [1.807, 2.05) is 63.3 Å². The van der Waals surface area contributed by atoms with Crippen molar-refractivity contribution in [2.45, 2.75) is 38.8 Å². The molecular weight excluding hydrogens is 250 g/mol. The number of hydrogen-bond donors (Lipinski definition) is 1. The first-order valence-corrected chi connectivity index (χ1v) is 6.73. The van der Waals surface area contributed by atoms with Crippen LogP contribution in [0.25, 0.3) is 0 Å². The highest BCUT2D eigenvalue weighted by Gasteiger charge is 2.18. The molecule has 20 heavy (non-hydrogen) atoms. The molecule has 0 heterocycles. The quantitative estimate of drug-likeness (QED) is 0.827. The molecule has 0 saturated carbocycles. The van der Waals surface area contributed by atoms with Crippen LogP contribution in [-0.4, -0.2) is 17.7 Å². The number of hydrogen-bond acceptors (Lipinski definition) is 2. The predicted octanol–water partition coefficient (Wildman–Crippen LogP) is 3.86. The highest BCUT2D eigenvalue weighted by atomic mass is 16.6. The minimum absolute atomic E-state index is 0.120. The lowest BCUT2D eigenvalue weighted by Crippen LogP contribution is -2.39. The van der Waals surface area contributed by atoms with E-state index in [0.717, 1.165) is 5.56 Å². The third kappa shape index (κ3) is 6.78. The van der Waals surface area contributed by atoms with Gasteiger partial charge in [-0.15, -0.1) is 0 Å². The zero-order chi connectivity index (χ0) is 15.0. The van der Waals surface area contributed by atoms with Crippen LogP contribution in [-0.2, 0) is 11.2 Å². The SMILES string of the molecule is C=C/C=C/[C@H](Cc1ccccc1)NC(=O)OC(C)(C)C. The largest absolute Gasteiger partial charge is 0.444 e. The second-order valence-corrected chi connectivity index (χ2v) is 5.56. The summed E-state index contributed by atoms with van der Waals surface area (Å²) in [5, 5.41) is 2.86. The number of carbonyl (C=O) groups is 1. The normalized spacial score (nSPS) is 12.9. The van der Waals surface area contributed by atoms with E-state index in [1.54, 1.807) is 6.08 Å². The number of nitrogens with one attached hydrogen (secondary N) is 1. The maximum Gasteiger partial charge on any atom is 0.408 e. The molecule has 0 bridgehead atoms. The van der Waals surface area contributed by atoms with E-state index in [-0.39, 0.29) is 6.04 Å². The first-order valence-electron chi connectivity index (χ1n) is 6.73. The Labute approximate surface area is 121 Å². The molecule has 1 aromatic carbocycles. The average molecular weight is 273 g/mol. The molecule has 1 amide bonds. The number of rotatable bonds is 5. The van der Waals surface area contributed by atoms with Gasteiger partial charge < -0.3 is 10.1 Å². The van der Waals surface area contributed by atoms with Crippen LogP contribution in [0.5, 0.6) is 0 Å². The molecule has 0 unspecified atom stereocenters. The third-order valence-electron chi connectivity index (χ3n) is 2.48. The summed E-state index contributed by atoms with van der Waals surface area (Å²) in [6.07, 6.45) is 5.72. The Morgan fingerprint density at radius 1 is 1.35 bits per heavy atom. The van der Waals surface area contributed by atoms with Gasteiger partial charge in [0.05, 0.1) is 6.04 Å². The summed E-state index contributed by atoms with van der Waals surface area (Å²) < 4.78 is 5.28. The molecule has 0 aliphatic rings. The van der Waals surface area contributed by atoms with Crippen molar-refractivity contribution in [3.63, 3.8) is 0 Å². The van der Waals surface area contributed by atoms with Gasteiger partial charge in [-0.05, 0) is 32.8 Å². The van der Waals surface area contributed by atoms with E-state index in [9.17, 15) is 4.79 Å². The van der Waals surface area contributed by atoms with E-state index in [2.05, 4.69) is 11.9 Å². The first-order chi connectivity index (χ1) is 9.40. The Balaban J connectivity index is 2.67. The van der Waals surface area contributed by atoms with Crippen molar-refractivity contribution in [3.05, 3.63) is 60.7 Å². The van der Waals surface area contributed by atoms with Gasteiger partial charge in [-0.1, -0.05) is 55.1 Å². The highest BCUT2D eigenvalue weighted by molar-refractivity contribution is 5.68. The summed E-state index contributed by atoms with van der Waals surface area (Å²) in [6, 6.07) is 9.88. The molecule has 0 spiro atoms. The fourth-order valence-electron chi connectivity index (χ4n) is 1.71. The van der Waals surface area contributed by atoms with Gasteiger partial charge in [0.25, 0.3) is 0 Å². The summed E-state index contributed by atoms with van der Waals surface area (Å²) >= 11 is 0. The molecule has 108 valence electrons. The van der Waals surface area contributed by atoms with Crippen molar-refractivity contribution >= 4 is 6.09 Å². The topological polar surface area (TPSA) is 38.3 Å². The van der Waals surface area contributed by atoms with Crippen LogP contribution in [0.4, 0.5) is 4.79 Å². The van der Waals surface area contributed by atoms with Crippen molar-refractivity contribution in [2.24, 2.45) is 0 Å². The van der Waals surface area contributed by atoms with Gasteiger partial charge in [-0.3, -0.25) is 0 Å². The number of ether oxygens (including phenoxy) is 1. The number of allylic oxidation sites excluding steroid dienone is 2. The molecule has 0 fully saturated rings. The Morgan fingerprint density at radius 3 is 2.55 bits per heavy atom. The molecule has 0 radical (unpaired) electrons. The van der Waals surface area contributed by atoms with Crippen molar-refractivity contribution in [2.75, 3.05) is 0 Å². The summed E-state index contributed by atoms with van der Waals surface area (Å²) in [7, 11) is 0. The lowest BCUT2D eigenvalue weighted by atomic mass is 10.1. The van der Waals surface area contributed by atoms with E-state index < -0.39 is 11.7 Å². The van der Waals surface area contributed by atoms with E-state index in [1.165, 1.54) is 0 Å². The molecule has 1 atom stereocenters. The van der Waals surface area contributed by atoms with E-state index in [0.29, 0.717) is 6.42 Å². The lowest BCUT2D eigenvalue weighted by Gasteiger charge is -2.22. The standard InChI is InChI=1S/C17H23NO2/c1-5-6-12-15(13-14-10-8-7-9-11-14)18-16(19)20-17(2,3)4/h5-12,15H,1,13H2,2-4H3,(H,18,19)/b12-6+/t15-/m1/s1. The molecule has 3 heteroatoms. The van der Waals surface area contributed by atoms with Crippen LogP contribution in [0.2, 0.25) is 0 Å². The number of amides is 1. The van der Waals surface area contributed by atoms with E-state index >= 15 is 0 Å². The molecule has 0 saturated heterocycles. The van der Waals surface area contributed by atoms with Crippen LogP contribution < -0.4 is 5.32 Å². The van der Waals surface area contributed by atoms with Crippen LogP contribution in [0, 0.1) is 0 Å². The maximum absolute atomic E-state index is 11.8. The Kier molecular flexibility index (Phi) is 6.04. The molecule has 1 N–H and O–H groups in total. The molecule has 1 rings (SSSR count). The van der Waals surface area contributed by atoms with Gasteiger partial charge in [0.1, 0.15) is 5.60 Å². The minimum Gasteiger partial charge on any atom is -0.444 e. The van der Waals surface area contributed by atoms with Crippen molar-refractivity contribution < 1.29 is 9.53 Å². The van der Waals surface area contributed by atoms with Crippen LogP contribution in [0.15, 0.2) is 55.1 Å². The van der Waals surface area contributed by atoms with Crippen molar-refractivity contribution in [1.82, 2.24) is 5.32 Å². The van der Waals surface area contributed by atoms with Gasteiger partial charge in [-0.2, -0.15) is 0 Å². The zero-order valence-corrected chi connectivity index (χ0v) is 12.4. The van der Waals surface area contributed by atoms with Gasteiger partial charge >= 0.3 is 6.09 Å². The molecule has 0 aliphatic heterocycles. The maximum atomic E-state index is 11.8. The monoisotopic (exact) mass is 273 g/mol. The molecule has 0 aliphatic carbocycles. The van der Waals surface area contributed by atoms with Crippen LogP contribution >= 0.6 is 0 Å². The Hall–Kier alpha value is -2.03. The number of benzene rings is 1. The zero-order valence-electron chi connectivity index (χ0n) is 12.4. The van der Waals surface area contributed by atoms with Gasteiger partial charge in [0.2, 0.25) is 0 Å². The summed E-state index contributed by atoms with van der Waals surface area (Å²) in [5.41, 5.74) is 0.658. The van der Waals surface area contributed by atoms with Gasteiger partial charge in [-0.25, -0.2) is 4.79 Å². The molecule has 1 aromatic rings. The number of alkyl carbamates (subject to hydrolysis) is 1. The van der Waals surface area contributed by atoms with E-state index in [4.69, 9.17) is 4.74 Å². The summed E-state index contributed by atoms with van der Waals surface area (Å²) in [4.78, 5) is 11.8. The van der Waals surface area contributed by atoms with Crippen molar-refractivity contribution in [3.8, 4) is 0 Å². The Morgan fingerprint density at radius 2 is 2.00 bits per heavy atom. The second-order valence-electron chi connectivity index (χ2n) is 5.56. The number of carbonyl (C=O) groups excluding carboxylic acids is 1. The minimum atomic E-state index is -0.496. The molecular formula is C17H23NO2. The summed E-state index contributed by atoms with van der Waals surface area (Å²) in [6.45, 7) is 9.18. The summed E-state index contributed by atoms with van der Waals surface area (Å²) in [5.74, 6) is 0. The first kappa shape index (κ1) is 16.0. The van der Waals surface area contributed by atoms with Crippen molar-refractivity contribution in [1.29, 1.82) is 0 Å². The van der Waals surface area contributed by atoms with Gasteiger partial charge in [0.15, 0.2) is 0 Å². The Bertz CT molecular complexity index is 458. The smallest absolute Gasteiger partial charge is 0.408 e. The fraction of sp³-hybridized carbons (Fsp3) is 0.353. The molecule has 0 aromatic heterocycles. The highest BCUT2D eigenvalue weighted by Crippen LogP contribution is 2.09. The average Bonchev–Trinajstić information content (AvgIpc) is 2.35. The fourth-order valence-corrected chi connectivity index (χ4v) is 1.71.